The fraction of sp³-hybridized carbons (Fsp3) is 1.00. The van der Waals surface area contributed by atoms with E-state index in [2.05, 4.69) is 5.32 Å². The highest BCUT2D eigenvalue weighted by Gasteiger charge is 1.76. The minimum atomic E-state index is -2.01. The first-order valence-corrected chi connectivity index (χ1v) is 3.37. The van der Waals surface area contributed by atoms with Crippen molar-refractivity contribution < 1.29 is 8.76 Å². The molecule has 44 valence electrons. The minimum Gasteiger partial charge on any atom is -0.771 e. The molecule has 5 heteroatoms. The zero-order valence-electron chi connectivity index (χ0n) is 3.52. The van der Waals surface area contributed by atoms with Crippen LogP contribution in [0.15, 0.2) is 0 Å². The van der Waals surface area contributed by atoms with E-state index in [4.69, 9.17) is 11.6 Å². The Hall–Kier alpha value is 0.360. The smallest absolute Gasteiger partial charge is 0.0720 e. The molecular weight excluding hydrogens is 138 g/mol. The first kappa shape index (κ1) is 7.36. The SMILES string of the molecule is O=S([O-])CNCCl. The Morgan fingerprint density at radius 2 is 2.43 bits per heavy atom. The Morgan fingerprint density at radius 3 is 2.57 bits per heavy atom. The molecule has 0 aromatic rings. The number of halogens is 1. The minimum absolute atomic E-state index is 0.0660. The maximum absolute atomic E-state index is 9.64. The molecular formula is C2H5ClNO2S-. The number of nitrogens with one attached hydrogen (secondary N) is 1. The summed E-state index contributed by atoms with van der Waals surface area (Å²) in [4.78, 5) is 0. The van der Waals surface area contributed by atoms with Crippen molar-refractivity contribution in [1.82, 2.24) is 5.32 Å². The molecule has 0 fully saturated rings. The van der Waals surface area contributed by atoms with Crippen LogP contribution in [-0.2, 0) is 11.1 Å². The fourth-order valence-corrected chi connectivity index (χ4v) is 0.597. The van der Waals surface area contributed by atoms with Crippen LogP contribution in [0.3, 0.4) is 0 Å². The lowest BCUT2D eigenvalue weighted by molar-refractivity contribution is 0.532. The first-order chi connectivity index (χ1) is 3.27. The molecule has 0 aromatic heterocycles. The van der Waals surface area contributed by atoms with Gasteiger partial charge in [0.25, 0.3) is 0 Å². The second kappa shape index (κ2) is 4.52. The summed E-state index contributed by atoms with van der Waals surface area (Å²) in [6.07, 6.45) is 0. The van der Waals surface area contributed by atoms with Crippen LogP contribution in [-0.4, -0.2) is 20.6 Å². The zero-order chi connectivity index (χ0) is 5.70. The third kappa shape index (κ3) is 6.36. The third-order valence-electron chi connectivity index (χ3n) is 0.314. The van der Waals surface area contributed by atoms with Gasteiger partial charge in [-0.3, -0.25) is 9.53 Å². The maximum atomic E-state index is 9.64. The molecule has 0 saturated heterocycles. The Kier molecular flexibility index (Phi) is 4.75. The summed E-state index contributed by atoms with van der Waals surface area (Å²) in [5.41, 5.74) is 0. The predicted octanol–water partition coefficient (Wildman–Crippen LogP) is -0.391. The van der Waals surface area contributed by atoms with Gasteiger partial charge in [0.2, 0.25) is 0 Å². The van der Waals surface area contributed by atoms with Gasteiger partial charge >= 0.3 is 0 Å². The third-order valence-corrected chi connectivity index (χ3v) is 0.943. The van der Waals surface area contributed by atoms with Crippen LogP contribution in [0, 0.1) is 0 Å². The van der Waals surface area contributed by atoms with E-state index < -0.39 is 11.1 Å². The van der Waals surface area contributed by atoms with Crippen LogP contribution in [0.25, 0.3) is 0 Å². The standard InChI is InChI=1S/C2H6ClNO2S/c3-1-4-2-7(5)6/h4H,1-2H2,(H,5,6)/p-1. The first-order valence-electron chi connectivity index (χ1n) is 1.60. The van der Waals surface area contributed by atoms with E-state index in [0.29, 0.717) is 0 Å². The lowest BCUT2D eigenvalue weighted by atomic mass is 11.2. The van der Waals surface area contributed by atoms with E-state index in [1.165, 1.54) is 0 Å². The van der Waals surface area contributed by atoms with Crippen molar-refractivity contribution in [2.45, 2.75) is 0 Å². The van der Waals surface area contributed by atoms with Crippen molar-refractivity contribution in [2.75, 3.05) is 11.9 Å². The van der Waals surface area contributed by atoms with Gasteiger partial charge in [0.15, 0.2) is 0 Å². The molecule has 0 radical (unpaired) electrons. The highest BCUT2D eigenvalue weighted by Crippen LogP contribution is 1.68. The summed E-state index contributed by atoms with van der Waals surface area (Å²) < 4.78 is 19.3. The van der Waals surface area contributed by atoms with Crippen LogP contribution >= 0.6 is 11.6 Å². The topological polar surface area (TPSA) is 52.2 Å². The quantitative estimate of drug-likeness (QED) is 0.332. The van der Waals surface area contributed by atoms with Gasteiger partial charge in [-0.05, 0) is 11.1 Å². The zero-order valence-corrected chi connectivity index (χ0v) is 5.09. The van der Waals surface area contributed by atoms with Gasteiger partial charge in [0.05, 0.1) is 11.9 Å². The van der Waals surface area contributed by atoms with E-state index in [-0.39, 0.29) is 11.9 Å². The summed E-state index contributed by atoms with van der Waals surface area (Å²) >= 11 is 3.05. The molecule has 0 aromatic carbocycles. The highest BCUT2D eigenvalue weighted by atomic mass is 35.5. The predicted molar refractivity (Wildman–Crippen MR) is 27.6 cm³/mol. The average molecular weight is 143 g/mol. The van der Waals surface area contributed by atoms with E-state index in [9.17, 15) is 8.76 Å². The van der Waals surface area contributed by atoms with Gasteiger partial charge in [0.1, 0.15) is 0 Å². The van der Waals surface area contributed by atoms with Crippen molar-refractivity contribution >= 4 is 22.7 Å². The number of hydrogen-bond donors (Lipinski definition) is 1. The Labute approximate surface area is 49.3 Å². The second-order valence-corrected chi connectivity index (χ2v) is 2.00. The molecule has 3 nitrogen and oxygen atoms in total. The van der Waals surface area contributed by atoms with Crippen molar-refractivity contribution in [3.63, 3.8) is 0 Å². The fourth-order valence-electron chi connectivity index (χ4n) is 0.122. The molecule has 0 aliphatic heterocycles. The Balaban J connectivity index is 2.82. The van der Waals surface area contributed by atoms with E-state index in [1.807, 2.05) is 0 Å². The lowest BCUT2D eigenvalue weighted by Crippen LogP contribution is -2.16. The van der Waals surface area contributed by atoms with Crippen LogP contribution < -0.4 is 5.32 Å². The van der Waals surface area contributed by atoms with Gasteiger partial charge in [-0.15, -0.1) is 11.6 Å². The largest absolute Gasteiger partial charge is 0.771 e. The molecule has 1 N–H and O–H groups in total. The van der Waals surface area contributed by atoms with Gasteiger partial charge in [-0.25, -0.2) is 0 Å². The molecule has 1 unspecified atom stereocenters. The molecule has 7 heavy (non-hydrogen) atoms. The van der Waals surface area contributed by atoms with Crippen molar-refractivity contribution in [1.29, 1.82) is 0 Å². The highest BCUT2D eigenvalue weighted by molar-refractivity contribution is 7.79. The molecule has 0 heterocycles. The van der Waals surface area contributed by atoms with Crippen molar-refractivity contribution in [3.8, 4) is 0 Å². The maximum Gasteiger partial charge on any atom is 0.0720 e. The van der Waals surface area contributed by atoms with Crippen LogP contribution in [0.5, 0.6) is 0 Å². The number of hydrogen-bond acceptors (Lipinski definition) is 3. The Bertz CT molecular complexity index is 68.7. The molecule has 0 aliphatic rings. The second-order valence-electron chi connectivity index (χ2n) is 0.832. The number of alkyl halides is 1. The molecule has 1 atom stereocenters. The summed E-state index contributed by atoms with van der Waals surface area (Å²) in [7, 11) is 0. The molecule has 0 bridgehead atoms. The lowest BCUT2D eigenvalue weighted by Gasteiger charge is -2.01. The summed E-state index contributed by atoms with van der Waals surface area (Å²) in [6, 6.07) is 0.175. The normalized spacial score (nSPS) is 14.0. The monoisotopic (exact) mass is 142 g/mol. The van der Waals surface area contributed by atoms with Gasteiger partial charge < -0.3 is 4.55 Å². The Morgan fingerprint density at radius 1 is 1.86 bits per heavy atom. The van der Waals surface area contributed by atoms with Gasteiger partial charge in [-0.1, -0.05) is 0 Å². The molecule has 0 amide bonds. The molecule has 0 aliphatic carbocycles. The van der Waals surface area contributed by atoms with E-state index >= 15 is 0 Å². The van der Waals surface area contributed by atoms with Crippen molar-refractivity contribution in [2.24, 2.45) is 0 Å². The summed E-state index contributed by atoms with van der Waals surface area (Å²) in [5.74, 6) is -0.0660. The van der Waals surface area contributed by atoms with Gasteiger partial charge in [0, 0.05) is 0 Å². The summed E-state index contributed by atoms with van der Waals surface area (Å²) in [6.45, 7) is 0. The van der Waals surface area contributed by atoms with Crippen LogP contribution in [0.2, 0.25) is 0 Å². The van der Waals surface area contributed by atoms with Crippen molar-refractivity contribution in [3.05, 3.63) is 0 Å². The number of rotatable bonds is 3. The van der Waals surface area contributed by atoms with E-state index in [1.54, 1.807) is 0 Å². The summed E-state index contributed by atoms with van der Waals surface area (Å²) in [5, 5.41) is 2.40. The average Bonchev–Trinajstić information content (AvgIpc) is 1.61. The molecule has 0 spiro atoms. The molecule has 0 rings (SSSR count). The van der Waals surface area contributed by atoms with Crippen LogP contribution in [0.1, 0.15) is 0 Å². The van der Waals surface area contributed by atoms with E-state index in [0.717, 1.165) is 0 Å². The van der Waals surface area contributed by atoms with Crippen LogP contribution in [0.4, 0.5) is 0 Å². The molecule has 0 saturated carbocycles. The van der Waals surface area contributed by atoms with Gasteiger partial charge in [-0.2, -0.15) is 0 Å².